The number of hydrogen-bond acceptors (Lipinski definition) is 3. The smallest absolute Gasteiger partial charge is 0.129 e. The first-order valence-electron chi connectivity index (χ1n) is 6.00. The second-order valence-corrected chi connectivity index (χ2v) is 4.84. The molecule has 0 amide bonds. The van der Waals surface area contributed by atoms with Gasteiger partial charge < -0.3 is 9.94 Å². The zero-order chi connectivity index (χ0) is 13.2. The van der Waals surface area contributed by atoms with Gasteiger partial charge in [-0.05, 0) is 23.8 Å². The molecule has 1 N–H and O–H groups in total. The number of ether oxygens (including phenoxy) is 1. The molecule has 0 fully saturated rings. The van der Waals surface area contributed by atoms with Crippen molar-refractivity contribution >= 4 is 17.3 Å². The standard InChI is InChI=1S/C15H12ClNO2/c16-11-6-7-14-12(8-11)13(17-18)9-15(19-14)10-4-2-1-3-5-10/h1-8,15,18H,9H2/b17-13+. The first-order valence-corrected chi connectivity index (χ1v) is 6.38. The summed E-state index contributed by atoms with van der Waals surface area (Å²) in [7, 11) is 0. The Hall–Kier alpha value is -2.00. The average molecular weight is 274 g/mol. The fraction of sp³-hybridized carbons (Fsp3) is 0.133. The van der Waals surface area contributed by atoms with Gasteiger partial charge in [-0.3, -0.25) is 0 Å². The highest BCUT2D eigenvalue weighted by molar-refractivity contribution is 6.31. The van der Waals surface area contributed by atoms with Crippen molar-refractivity contribution in [3.8, 4) is 5.75 Å². The second kappa shape index (κ2) is 4.94. The Bertz CT molecular complexity index is 625. The van der Waals surface area contributed by atoms with Crippen LogP contribution in [0, 0.1) is 0 Å². The van der Waals surface area contributed by atoms with Gasteiger partial charge in [0.05, 0.1) is 5.71 Å². The molecule has 0 aromatic heterocycles. The first kappa shape index (κ1) is 12.1. The molecular weight excluding hydrogens is 262 g/mol. The summed E-state index contributed by atoms with van der Waals surface area (Å²) in [4.78, 5) is 0. The van der Waals surface area contributed by atoms with Crippen molar-refractivity contribution < 1.29 is 9.94 Å². The third-order valence-corrected chi connectivity index (χ3v) is 3.43. The largest absolute Gasteiger partial charge is 0.485 e. The molecular formula is C15H12ClNO2. The Morgan fingerprint density at radius 3 is 2.68 bits per heavy atom. The summed E-state index contributed by atoms with van der Waals surface area (Å²) in [5, 5.41) is 13.2. The van der Waals surface area contributed by atoms with Gasteiger partial charge in [0.25, 0.3) is 0 Å². The molecule has 1 unspecified atom stereocenters. The maximum absolute atomic E-state index is 9.18. The van der Waals surface area contributed by atoms with Gasteiger partial charge in [-0.1, -0.05) is 47.1 Å². The topological polar surface area (TPSA) is 41.8 Å². The molecule has 0 saturated heterocycles. The van der Waals surface area contributed by atoms with Crippen LogP contribution in [0.2, 0.25) is 5.02 Å². The van der Waals surface area contributed by atoms with Crippen LogP contribution in [0.25, 0.3) is 0 Å². The van der Waals surface area contributed by atoms with Gasteiger partial charge >= 0.3 is 0 Å². The Balaban J connectivity index is 2.01. The van der Waals surface area contributed by atoms with Crippen LogP contribution < -0.4 is 4.74 Å². The highest BCUT2D eigenvalue weighted by Gasteiger charge is 2.26. The van der Waals surface area contributed by atoms with Crippen molar-refractivity contribution in [2.24, 2.45) is 5.16 Å². The second-order valence-electron chi connectivity index (χ2n) is 4.41. The fourth-order valence-electron chi connectivity index (χ4n) is 2.26. The van der Waals surface area contributed by atoms with Gasteiger partial charge in [0, 0.05) is 17.0 Å². The molecule has 0 spiro atoms. The van der Waals surface area contributed by atoms with E-state index in [4.69, 9.17) is 16.3 Å². The van der Waals surface area contributed by atoms with Crippen LogP contribution in [0.15, 0.2) is 53.7 Å². The molecule has 3 rings (SSSR count). The van der Waals surface area contributed by atoms with Crippen molar-refractivity contribution in [3.63, 3.8) is 0 Å². The molecule has 19 heavy (non-hydrogen) atoms. The molecule has 2 aromatic carbocycles. The maximum atomic E-state index is 9.18. The van der Waals surface area contributed by atoms with E-state index in [1.165, 1.54) is 0 Å². The Morgan fingerprint density at radius 1 is 1.16 bits per heavy atom. The number of oxime groups is 1. The van der Waals surface area contributed by atoms with E-state index >= 15 is 0 Å². The highest BCUT2D eigenvalue weighted by Crippen LogP contribution is 2.36. The number of nitrogens with zero attached hydrogens (tertiary/aromatic N) is 1. The normalized spacial score (nSPS) is 19.8. The lowest BCUT2D eigenvalue weighted by Crippen LogP contribution is -2.21. The molecule has 0 bridgehead atoms. The third kappa shape index (κ3) is 2.29. The van der Waals surface area contributed by atoms with Crippen LogP contribution in [0.1, 0.15) is 23.7 Å². The lowest BCUT2D eigenvalue weighted by atomic mass is 9.96. The van der Waals surface area contributed by atoms with Crippen LogP contribution in [0.5, 0.6) is 5.75 Å². The quantitative estimate of drug-likeness (QED) is 0.629. The van der Waals surface area contributed by atoms with E-state index in [2.05, 4.69) is 5.16 Å². The maximum Gasteiger partial charge on any atom is 0.129 e. The van der Waals surface area contributed by atoms with E-state index in [-0.39, 0.29) is 6.10 Å². The molecule has 2 aromatic rings. The molecule has 1 atom stereocenters. The SMILES string of the molecule is O/N=C1\CC(c2ccccc2)Oc2ccc(Cl)cc21. The molecule has 3 nitrogen and oxygen atoms in total. The van der Waals surface area contributed by atoms with E-state index in [0.29, 0.717) is 22.9 Å². The average Bonchev–Trinajstić information content (AvgIpc) is 2.47. The van der Waals surface area contributed by atoms with Gasteiger partial charge in [-0.25, -0.2) is 0 Å². The minimum Gasteiger partial charge on any atom is -0.485 e. The predicted molar refractivity (Wildman–Crippen MR) is 74.2 cm³/mol. The lowest BCUT2D eigenvalue weighted by molar-refractivity contribution is 0.203. The van der Waals surface area contributed by atoms with Crippen molar-refractivity contribution in [2.75, 3.05) is 0 Å². The predicted octanol–water partition coefficient (Wildman–Crippen LogP) is 4.04. The number of halogens is 1. The summed E-state index contributed by atoms with van der Waals surface area (Å²) in [6.07, 6.45) is 0.384. The zero-order valence-corrected chi connectivity index (χ0v) is 10.8. The third-order valence-electron chi connectivity index (χ3n) is 3.19. The Labute approximate surface area is 116 Å². The first-order chi connectivity index (χ1) is 9.28. The summed E-state index contributed by atoms with van der Waals surface area (Å²) in [5.41, 5.74) is 2.41. The van der Waals surface area contributed by atoms with Crippen LogP contribution >= 0.6 is 11.6 Å². The van der Waals surface area contributed by atoms with Gasteiger partial charge in [0.15, 0.2) is 0 Å². The van der Waals surface area contributed by atoms with E-state index in [9.17, 15) is 5.21 Å². The Morgan fingerprint density at radius 2 is 1.95 bits per heavy atom. The number of benzene rings is 2. The van der Waals surface area contributed by atoms with Gasteiger partial charge in [0.1, 0.15) is 11.9 Å². The minimum atomic E-state index is -0.138. The van der Waals surface area contributed by atoms with E-state index in [0.717, 1.165) is 11.1 Å². The zero-order valence-electron chi connectivity index (χ0n) is 10.1. The summed E-state index contributed by atoms with van der Waals surface area (Å²) in [6.45, 7) is 0. The lowest BCUT2D eigenvalue weighted by Gasteiger charge is -2.27. The number of hydrogen-bond donors (Lipinski definition) is 1. The highest BCUT2D eigenvalue weighted by atomic mass is 35.5. The van der Waals surface area contributed by atoms with E-state index < -0.39 is 0 Å². The number of fused-ring (bicyclic) bond motifs is 1. The molecule has 0 saturated carbocycles. The Kier molecular flexibility index (Phi) is 3.13. The van der Waals surface area contributed by atoms with Crippen molar-refractivity contribution in [2.45, 2.75) is 12.5 Å². The summed E-state index contributed by atoms with van der Waals surface area (Å²) < 4.78 is 5.95. The summed E-state index contributed by atoms with van der Waals surface area (Å²) in [6, 6.07) is 15.2. The monoisotopic (exact) mass is 273 g/mol. The minimum absolute atomic E-state index is 0.138. The van der Waals surface area contributed by atoms with Crippen molar-refractivity contribution in [3.05, 3.63) is 64.7 Å². The van der Waals surface area contributed by atoms with Gasteiger partial charge in [-0.15, -0.1) is 0 Å². The van der Waals surface area contributed by atoms with Gasteiger partial charge in [-0.2, -0.15) is 0 Å². The van der Waals surface area contributed by atoms with E-state index in [1.807, 2.05) is 30.3 Å². The van der Waals surface area contributed by atoms with Crippen molar-refractivity contribution in [1.29, 1.82) is 0 Å². The molecule has 0 radical (unpaired) electrons. The fourth-order valence-corrected chi connectivity index (χ4v) is 2.43. The van der Waals surface area contributed by atoms with Crippen molar-refractivity contribution in [1.82, 2.24) is 0 Å². The summed E-state index contributed by atoms with van der Waals surface area (Å²) in [5.74, 6) is 0.692. The van der Waals surface area contributed by atoms with Crippen LogP contribution in [-0.4, -0.2) is 10.9 Å². The molecule has 1 aliphatic rings. The summed E-state index contributed by atoms with van der Waals surface area (Å²) >= 11 is 5.96. The number of rotatable bonds is 1. The molecule has 96 valence electrons. The van der Waals surface area contributed by atoms with Gasteiger partial charge in [0.2, 0.25) is 0 Å². The van der Waals surface area contributed by atoms with E-state index in [1.54, 1.807) is 18.2 Å². The van der Waals surface area contributed by atoms with Crippen LogP contribution in [0.4, 0.5) is 0 Å². The molecule has 1 heterocycles. The van der Waals surface area contributed by atoms with Crippen LogP contribution in [0.3, 0.4) is 0 Å². The molecule has 0 aliphatic carbocycles. The van der Waals surface area contributed by atoms with Crippen LogP contribution in [-0.2, 0) is 0 Å². The molecule has 4 heteroatoms. The molecule has 1 aliphatic heterocycles.